The number of hydrogen-bond donors (Lipinski definition) is 0. The molecule has 6 heteroatoms. The molecule has 0 heterocycles. The molecule has 0 aliphatic heterocycles. The standard InChI is InChI=1S/C18H22Cl2O4/c1-3-9-21-11-23-17-13-7-5-6-8-14(13)18(16(20)15(17)19)24-12-22-10-4-2/h5-8H,3-4,9-12H2,1-2H3. The molecule has 0 bridgehead atoms. The average molecular weight is 373 g/mol. The molecule has 0 unspecified atom stereocenters. The van der Waals surface area contributed by atoms with Crippen molar-refractivity contribution in [1.82, 2.24) is 0 Å². The zero-order valence-corrected chi connectivity index (χ0v) is 15.5. The zero-order valence-electron chi connectivity index (χ0n) is 13.9. The summed E-state index contributed by atoms with van der Waals surface area (Å²) >= 11 is 12.8. The third-order valence-electron chi connectivity index (χ3n) is 3.28. The second kappa shape index (κ2) is 9.94. The van der Waals surface area contributed by atoms with Gasteiger partial charge in [-0.1, -0.05) is 61.3 Å². The fourth-order valence-corrected chi connectivity index (χ4v) is 2.69. The molecular formula is C18H22Cl2O4. The van der Waals surface area contributed by atoms with Gasteiger partial charge in [0.1, 0.15) is 10.0 Å². The number of halogens is 2. The molecule has 0 aliphatic carbocycles. The van der Waals surface area contributed by atoms with E-state index in [0.717, 1.165) is 23.6 Å². The molecule has 0 saturated carbocycles. The van der Waals surface area contributed by atoms with Crippen molar-refractivity contribution in [2.75, 3.05) is 26.8 Å². The minimum absolute atomic E-state index is 0.119. The van der Waals surface area contributed by atoms with Gasteiger partial charge in [0.2, 0.25) is 0 Å². The maximum Gasteiger partial charge on any atom is 0.189 e. The second-order valence-electron chi connectivity index (χ2n) is 5.17. The Morgan fingerprint density at radius 1 is 0.750 bits per heavy atom. The van der Waals surface area contributed by atoms with Crippen molar-refractivity contribution in [3.63, 3.8) is 0 Å². The molecule has 4 nitrogen and oxygen atoms in total. The molecule has 0 saturated heterocycles. The maximum atomic E-state index is 6.40. The van der Waals surface area contributed by atoms with E-state index in [1.54, 1.807) is 0 Å². The normalized spacial score (nSPS) is 11.0. The lowest BCUT2D eigenvalue weighted by atomic mass is 10.1. The van der Waals surface area contributed by atoms with Crippen LogP contribution < -0.4 is 9.47 Å². The Bertz CT molecular complexity index is 604. The smallest absolute Gasteiger partial charge is 0.189 e. The highest BCUT2D eigenvalue weighted by Crippen LogP contribution is 2.46. The van der Waals surface area contributed by atoms with E-state index >= 15 is 0 Å². The van der Waals surface area contributed by atoms with Crippen LogP contribution in [0.5, 0.6) is 11.5 Å². The molecule has 0 aromatic heterocycles. The van der Waals surface area contributed by atoms with Crippen molar-refractivity contribution < 1.29 is 18.9 Å². The zero-order chi connectivity index (χ0) is 17.4. The van der Waals surface area contributed by atoms with Crippen molar-refractivity contribution in [2.45, 2.75) is 26.7 Å². The van der Waals surface area contributed by atoms with Gasteiger partial charge in [-0.25, -0.2) is 0 Å². The van der Waals surface area contributed by atoms with Gasteiger partial charge in [0, 0.05) is 10.8 Å². The lowest BCUT2D eigenvalue weighted by Crippen LogP contribution is -2.06. The fourth-order valence-electron chi connectivity index (χ4n) is 2.20. The van der Waals surface area contributed by atoms with E-state index in [4.69, 9.17) is 42.1 Å². The van der Waals surface area contributed by atoms with Gasteiger partial charge in [0.05, 0.1) is 13.2 Å². The molecule has 2 rings (SSSR count). The van der Waals surface area contributed by atoms with Crippen LogP contribution in [0.4, 0.5) is 0 Å². The number of hydrogen-bond acceptors (Lipinski definition) is 4. The summed E-state index contributed by atoms with van der Waals surface area (Å²) in [5.41, 5.74) is 0. The lowest BCUT2D eigenvalue weighted by molar-refractivity contribution is 0.0148. The number of fused-ring (bicyclic) bond motifs is 1. The minimum Gasteiger partial charge on any atom is -0.465 e. The lowest BCUT2D eigenvalue weighted by Gasteiger charge is -2.17. The summed E-state index contributed by atoms with van der Waals surface area (Å²) in [4.78, 5) is 0. The van der Waals surface area contributed by atoms with Crippen LogP contribution in [-0.4, -0.2) is 26.8 Å². The molecule has 24 heavy (non-hydrogen) atoms. The Labute approximate surface area is 152 Å². The average Bonchev–Trinajstić information content (AvgIpc) is 2.60. The predicted octanol–water partition coefficient (Wildman–Crippen LogP) is 5.67. The van der Waals surface area contributed by atoms with Crippen molar-refractivity contribution >= 4 is 34.0 Å². The largest absolute Gasteiger partial charge is 0.465 e. The van der Waals surface area contributed by atoms with E-state index in [2.05, 4.69) is 0 Å². The monoisotopic (exact) mass is 372 g/mol. The maximum absolute atomic E-state index is 6.40. The number of rotatable bonds is 10. The van der Waals surface area contributed by atoms with E-state index in [9.17, 15) is 0 Å². The van der Waals surface area contributed by atoms with Gasteiger partial charge in [0.15, 0.2) is 25.1 Å². The van der Waals surface area contributed by atoms with Crippen LogP contribution in [0.1, 0.15) is 26.7 Å². The van der Waals surface area contributed by atoms with Crippen molar-refractivity contribution in [3.05, 3.63) is 34.3 Å². The van der Waals surface area contributed by atoms with Gasteiger partial charge >= 0.3 is 0 Å². The van der Waals surface area contributed by atoms with E-state index in [-0.39, 0.29) is 13.6 Å². The first-order chi connectivity index (χ1) is 11.7. The highest BCUT2D eigenvalue weighted by molar-refractivity contribution is 6.45. The molecule has 0 atom stereocenters. The Morgan fingerprint density at radius 3 is 1.54 bits per heavy atom. The predicted molar refractivity (Wildman–Crippen MR) is 97.4 cm³/mol. The van der Waals surface area contributed by atoms with Crippen LogP contribution in [0, 0.1) is 0 Å². The molecule has 0 aliphatic rings. The van der Waals surface area contributed by atoms with Gasteiger partial charge in [-0.2, -0.15) is 0 Å². The van der Waals surface area contributed by atoms with Gasteiger partial charge in [-0.3, -0.25) is 0 Å². The minimum atomic E-state index is 0.119. The van der Waals surface area contributed by atoms with Gasteiger partial charge in [0.25, 0.3) is 0 Å². The van der Waals surface area contributed by atoms with Crippen LogP contribution in [0.15, 0.2) is 24.3 Å². The van der Waals surface area contributed by atoms with E-state index in [0.29, 0.717) is 34.8 Å². The molecule has 0 radical (unpaired) electrons. The highest BCUT2D eigenvalue weighted by atomic mass is 35.5. The number of ether oxygens (including phenoxy) is 4. The van der Waals surface area contributed by atoms with Gasteiger partial charge < -0.3 is 18.9 Å². The Balaban J connectivity index is 2.30. The quantitative estimate of drug-likeness (QED) is 0.397. The third-order valence-corrected chi connectivity index (χ3v) is 4.10. The SMILES string of the molecule is CCCOCOc1c(Cl)c(Cl)c(OCOCCC)c2ccccc12. The van der Waals surface area contributed by atoms with Crippen LogP contribution in [0.25, 0.3) is 10.8 Å². The summed E-state index contributed by atoms with van der Waals surface area (Å²) in [5, 5.41) is 2.25. The summed E-state index contributed by atoms with van der Waals surface area (Å²) in [7, 11) is 0. The van der Waals surface area contributed by atoms with Crippen molar-refractivity contribution in [1.29, 1.82) is 0 Å². The van der Waals surface area contributed by atoms with Gasteiger partial charge in [-0.15, -0.1) is 0 Å². The molecule has 0 N–H and O–H groups in total. The molecular weight excluding hydrogens is 351 g/mol. The molecule has 2 aromatic carbocycles. The van der Waals surface area contributed by atoms with Crippen LogP contribution in [0.2, 0.25) is 10.0 Å². The van der Waals surface area contributed by atoms with E-state index in [1.165, 1.54) is 0 Å². The first-order valence-corrected chi connectivity index (χ1v) is 8.77. The second-order valence-corrected chi connectivity index (χ2v) is 5.93. The summed E-state index contributed by atoms with van der Waals surface area (Å²) in [6.45, 7) is 5.55. The molecule has 2 aromatic rings. The summed E-state index contributed by atoms with van der Waals surface area (Å²) < 4.78 is 22.2. The first-order valence-electron chi connectivity index (χ1n) is 8.01. The summed E-state index contributed by atoms with van der Waals surface area (Å²) in [5.74, 6) is 0.991. The fraction of sp³-hybridized carbons (Fsp3) is 0.444. The molecule has 0 fully saturated rings. The summed E-state index contributed by atoms with van der Waals surface area (Å²) in [6, 6.07) is 7.63. The number of benzene rings is 2. The Morgan fingerprint density at radius 2 is 1.17 bits per heavy atom. The summed E-state index contributed by atoms with van der Waals surface area (Å²) in [6.07, 6.45) is 1.84. The Kier molecular flexibility index (Phi) is 7.92. The van der Waals surface area contributed by atoms with E-state index < -0.39 is 0 Å². The van der Waals surface area contributed by atoms with Crippen LogP contribution >= 0.6 is 23.2 Å². The molecule has 0 spiro atoms. The topological polar surface area (TPSA) is 36.9 Å². The van der Waals surface area contributed by atoms with Crippen LogP contribution in [0.3, 0.4) is 0 Å². The van der Waals surface area contributed by atoms with Crippen LogP contribution in [-0.2, 0) is 9.47 Å². The van der Waals surface area contributed by atoms with Crippen molar-refractivity contribution in [2.24, 2.45) is 0 Å². The first kappa shape index (κ1) is 19.1. The molecule has 0 amide bonds. The van der Waals surface area contributed by atoms with Crippen molar-refractivity contribution in [3.8, 4) is 11.5 Å². The third kappa shape index (κ3) is 4.67. The Hall–Kier alpha value is -1.20. The highest BCUT2D eigenvalue weighted by Gasteiger charge is 2.19. The molecule has 132 valence electrons. The van der Waals surface area contributed by atoms with E-state index in [1.807, 2.05) is 38.1 Å². The van der Waals surface area contributed by atoms with Gasteiger partial charge in [-0.05, 0) is 12.8 Å².